The highest BCUT2D eigenvalue weighted by Crippen LogP contribution is 2.36. The number of phenolic OH excluding ortho intramolecular Hbond substituents is 2. The average Bonchev–Trinajstić information content (AvgIpc) is 3.30. The quantitative estimate of drug-likeness (QED) is 0.396. The van der Waals surface area contributed by atoms with Gasteiger partial charge in [-0.1, -0.05) is 11.8 Å². The van der Waals surface area contributed by atoms with Crippen LogP contribution in [0.25, 0.3) is 11.5 Å². The van der Waals surface area contributed by atoms with E-state index >= 15 is 0 Å². The van der Waals surface area contributed by atoms with Crippen LogP contribution in [0.15, 0.2) is 46.0 Å². The van der Waals surface area contributed by atoms with Gasteiger partial charge in [0.05, 0.1) is 5.75 Å². The van der Waals surface area contributed by atoms with Crippen LogP contribution in [0.4, 0.5) is 0 Å². The number of Topliss-reactive ketones (excluding diaryl/α,β-unsaturated/α-hetero) is 1. The molecule has 0 bridgehead atoms. The van der Waals surface area contributed by atoms with E-state index in [1.807, 2.05) is 0 Å². The molecule has 0 atom stereocenters. The molecule has 2 aromatic carbocycles. The van der Waals surface area contributed by atoms with Gasteiger partial charge in [-0.2, -0.15) is 0 Å². The summed E-state index contributed by atoms with van der Waals surface area (Å²) in [6.07, 6.45) is 0. The zero-order chi connectivity index (χ0) is 18.1. The van der Waals surface area contributed by atoms with Gasteiger partial charge in [0, 0.05) is 11.1 Å². The van der Waals surface area contributed by atoms with Crippen molar-refractivity contribution in [3.63, 3.8) is 0 Å². The van der Waals surface area contributed by atoms with E-state index < -0.39 is 0 Å². The van der Waals surface area contributed by atoms with Gasteiger partial charge in [0.25, 0.3) is 5.22 Å². The van der Waals surface area contributed by atoms with Crippen molar-refractivity contribution in [3.8, 4) is 34.5 Å². The highest BCUT2D eigenvalue weighted by molar-refractivity contribution is 7.99. The average molecular weight is 372 g/mol. The van der Waals surface area contributed by atoms with Gasteiger partial charge in [-0.3, -0.25) is 4.79 Å². The number of aromatic hydroxyl groups is 2. The van der Waals surface area contributed by atoms with Crippen molar-refractivity contribution in [1.29, 1.82) is 0 Å². The molecule has 3 aromatic rings. The van der Waals surface area contributed by atoms with Crippen LogP contribution in [0, 0.1) is 0 Å². The fourth-order valence-electron chi connectivity index (χ4n) is 2.32. The van der Waals surface area contributed by atoms with Gasteiger partial charge in [-0.25, -0.2) is 0 Å². The van der Waals surface area contributed by atoms with Crippen LogP contribution in [-0.4, -0.2) is 38.7 Å². The van der Waals surface area contributed by atoms with E-state index in [1.54, 1.807) is 18.2 Å². The third kappa shape index (κ3) is 3.16. The van der Waals surface area contributed by atoms with Gasteiger partial charge in [0.2, 0.25) is 12.7 Å². The lowest BCUT2D eigenvalue weighted by Crippen LogP contribution is -2.01. The molecule has 2 N–H and O–H groups in total. The molecule has 0 fully saturated rings. The summed E-state index contributed by atoms with van der Waals surface area (Å²) in [5, 5.41) is 26.9. The van der Waals surface area contributed by atoms with Crippen LogP contribution in [0.3, 0.4) is 0 Å². The molecule has 26 heavy (non-hydrogen) atoms. The maximum absolute atomic E-state index is 12.2. The van der Waals surface area contributed by atoms with Crippen LogP contribution in [0.5, 0.6) is 23.0 Å². The number of aromatic nitrogens is 2. The van der Waals surface area contributed by atoms with E-state index in [1.165, 1.54) is 18.2 Å². The lowest BCUT2D eigenvalue weighted by Gasteiger charge is -2.01. The monoisotopic (exact) mass is 372 g/mol. The molecule has 0 saturated carbocycles. The maximum Gasteiger partial charge on any atom is 0.277 e. The first kappa shape index (κ1) is 16.3. The Balaban J connectivity index is 1.43. The van der Waals surface area contributed by atoms with Crippen molar-refractivity contribution >= 4 is 17.5 Å². The number of rotatable bonds is 5. The maximum atomic E-state index is 12.2. The Morgan fingerprint density at radius 2 is 1.88 bits per heavy atom. The molecule has 1 aliphatic rings. The number of hydrogen-bond acceptors (Lipinski definition) is 9. The Kier molecular flexibility index (Phi) is 4.13. The smallest absolute Gasteiger partial charge is 0.277 e. The largest absolute Gasteiger partial charge is 0.504 e. The number of carbonyl (C=O) groups excluding carboxylic acids is 1. The number of phenols is 2. The normalized spacial score (nSPS) is 12.3. The molecule has 0 saturated heterocycles. The summed E-state index contributed by atoms with van der Waals surface area (Å²) in [4.78, 5) is 12.2. The number of thioether (sulfide) groups is 1. The molecule has 0 aliphatic carbocycles. The summed E-state index contributed by atoms with van der Waals surface area (Å²) in [5.41, 5.74) is 0.965. The third-order valence-electron chi connectivity index (χ3n) is 3.65. The van der Waals surface area contributed by atoms with E-state index in [-0.39, 0.29) is 40.6 Å². The Hall–Kier alpha value is -3.20. The second-order valence-corrected chi connectivity index (χ2v) is 6.28. The number of hydrogen-bond donors (Lipinski definition) is 2. The Morgan fingerprint density at radius 3 is 2.73 bits per heavy atom. The van der Waals surface area contributed by atoms with E-state index in [2.05, 4.69) is 10.2 Å². The predicted molar refractivity (Wildman–Crippen MR) is 90.7 cm³/mol. The second-order valence-electron chi connectivity index (χ2n) is 5.36. The molecule has 1 aromatic heterocycles. The molecule has 9 heteroatoms. The summed E-state index contributed by atoms with van der Waals surface area (Å²) >= 11 is 1.08. The molecular formula is C17H12N2O6S. The number of ketones is 1. The van der Waals surface area contributed by atoms with Crippen LogP contribution in [-0.2, 0) is 0 Å². The van der Waals surface area contributed by atoms with Crippen molar-refractivity contribution in [2.75, 3.05) is 12.5 Å². The van der Waals surface area contributed by atoms with Gasteiger partial charge in [-0.05, 0) is 36.4 Å². The number of fused-ring (bicyclic) bond motifs is 1. The fraction of sp³-hybridized carbons (Fsp3) is 0.118. The summed E-state index contributed by atoms with van der Waals surface area (Å²) in [5.74, 6) is 0.757. The highest BCUT2D eigenvalue weighted by atomic mass is 32.2. The standard InChI is InChI=1S/C17H12N2O6S/c20-11-3-1-9(5-12(11)21)13(22)7-26-17-19-18-16(25-17)10-2-4-14-15(6-10)24-8-23-14/h1-6,20-21H,7-8H2. The first-order valence-corrected chi connectivity index (χ1v) is 8.50. The van der Waals surface area contributed by atoms with E-state index in [4.69, 9.17) is 13.9 Å². The van der Waals surface area contributed by atoms with Crippen LogP contribution in [0.1, 0.15) is 10.4 Å². The van der Waals surface area contributed by atoms with Gasteiger partial charge in [0.1, 0.15) is 0 Å². The summed E-state index contributed by atoms with van der Waals surface area (Å²) in [6, 6.07) is 9.19. The van der Waals surface area contributed by atoms with Gasteiger partial charge in [0.15, 0.2) is 28.8 Å². The van der Waals surface area contributed by atoms with Crippen molar-refractivity contribution in [2.24, 2.45) is 0 Å². The predicted octanol–water partition coefficient (Wildman–Crippen LogP) is 2.85. The van der Waals surface area contributed by atoms with Crippen molar-refractivity contribution in [2.45, 2.75) is 5.22 Å². The minimum Gasteiger partial charge on any atom is -0.504 e. The Bertz CT molecular complexity index is 987. The van der Waals surface area contributed by atoms with Crippen LogP contribution in [0.2, 0.25) is 0 Å². The number of benzene rings is 2. The van der Waals surface area contributed by atoms with E-state index in [0.717, 1.165) is 11.8 Å². The molecule has 0 unspecified atom stereocenters. The molecule has 0 spiro atoms. The lowest BCUT2D eigenvalue weighted by atomic mass is 10.1. The zero-order valence-corrected chi connectivity index (χ0v) is 14.0. The molecule has 2 heterocycles. The Labute approximate surface area is 151 Å². The topological polar surface area (TPSA) is 115 Å². The third-order valence-corrected chi connectivity index (χ3v) is 4.47. The first-order chi connectivity index (χ1) is 12.6. The van der Waals surface area contributed by atoms with Crippen LogP contribution < -0.4 is 9.47 Å². The van der Waals surface area contributed by atoms with Crippen molar-refractivity contribution in [1.82, 2.24) is 10.2 Å². The molecular weight excluding hydrogens is 360 g/mol. The minimum atomic E-state index is -0.344. The molecule has 132 valence electrons. The summed E-state index contributed by atoms with van der Waals surface area (Å²) in [6.45, 7) is 0.179. The lowest BCUT2D eigenvalue weighted by molar-refractivity contribution is 0.102. The SMILES string of the molecule is O=C(CSc1nnc(-c2ccc3c(c2)OCO3)o1)c1ccc(O)c(O)c1. The molecule has 1 aliphatic heterocycles. The number of ether oxygens (including phenoxy) is 2. The van der Waals surface area contributed by atoms with E-state index in [0.29, 0.717) is 23.0 Å². The number of carbonyl (C=O) groups is 1. The summed E-state index contributed by atoms with van der Waals surface area (Å²) in [7, 11) is 0. The number of nitrogens with zero attached hydrogens (tertiary/aromatic N) is 2. The molecule has 0 radical (unpaired) electrons. The fourth-order valence-corrected chi connectivity index (χ4v) is 2.98. The summed E-state index contributed by atoms with van der Waals surface area (Å²) < 4.78 is 16.1. The van der Waals surface area contributed by atoms with Gasteiger partial charge >= 0.3 is 0 Å². The van der Waals surface area contributed by atoms with Crippen molar-refractivity contribution < 1.29 is 28.9 Å². The molecule has 4 rings (SSSR count). The highest BCUT2D eigenvalue weighted by Gasteiger charge is 2.17. The molecule has 0 amide bonds. The first-order valence-electron chi connectivity index (χ1n) is 7.51. The van der Waals surface area contributed by atoms with Crippen molar-refractivity contribution in [3.05, 3.63) is 42.0 Å². The second kappa shape index (κ2) is 6.60. The Morgan fingerprint density at radius 1 is 1.04 bits per heavy atom. The van der Waals surface area contributed by atoms with E-state index in [9.17, 15) is 15.0 Å². The van der Waals surface area contributed by atoms with Gasteiger partial charge in [-0.15, -0.1) is 10.2 Å². The minimum absolute atomic E-state index is 0.0486. The van der Waals surface area contributed by atoms with Gasteiger partial charge < -0.3 is 24.1 Å². The zero-order valence-electron chi connectivity index (χ0n) is 13.2. The molecule has 8 nitrogen and oxygen atoms in total. The van der Waals surface area contributed by atoms with Crippen LogP contribution >= 0.6 is 11.8 Å².